The quantitative estimate of drug-likeness (QED) is 0.458. The lowest BCUT2D eigenvalue weighted by Crippen LogP contribution is -2.45. The van der Waals surface area contributed by atoms with Gasteiger partial charge in [-0.25, -0.2) is 0 Å². The molecule has 0 saturated carbocycles. The van der Waals surface area contributed by atoms with Crippen molar-refractivity contribution in [3.05, 3.63) is 0 Å². The average Bonchev–Trinajstić information content (AvgIpc) is 3.16. The van der Waals surface area contributed by atoms with Crippen molar-refractivity contribution in [1.82, 2.24) is 20.4 Å². The van der Waals surface area contributed by atoms with Crippen LogP contribution in [-0.4, -0.2) is 74.0 Å². The van der Waals surface area contributed by atoms with Crippen molar-refractivity contribution in [3.63, 3.8) is 0 Å². The van der Waals surface area contributed by atoms with Gasteiger partial charge in [-0.3, -0.25) is 14.7 Å². The van der Waals surface area contributed by atoms with Crippen LogP contribution in [0.2, 0.25) is 0 Å². The number of likely N-dealkylation sites (tertiary alicyclic amines) is 2. The molecule has 2 fully saturated rings. The smallest absolute Gasteiger partial charge is 0.225 e. The van der Waals surface area contributed by atoms with Gasteiger partial charge in [0.25, 0.3) is 0 Å². The van der Waals surface area contributed by atoms with Crippen molar-refractivity contribution >= 4 is 11.9 Å². The predicted octanol–water partition coefficient (Wildman–Crippen LogP) is 0.894. The molecule has 1 amide bonds. The Hall–Kier alpha value is -1.30. The number of rotatable bonds is 4. The van der Waals surface area contributed by atoms with Gasteiger partial charge in [-0.05, 0) is 32.4 Å². The third-order valence-corrected chi connectivity index (χ3v) is 4.71. The number of amides is 1. The highest BCUT2D eigenvalue weighted by Gasteiger charge is 2.30. The molecule has 1 unspecified atom stereocenters. The Labute approximate surface area is 140 Å². The van der Waals surface area contributed by atoms with Gasteiger partial charge in [0.2, 0.25) is 5.91 Å². The Morgan fingerprint density at radius 3 is 2.39 bits per heavy atom. The van der Waals surface area contributed by atoms with E-state index in [1.165, 1.54) is 32.4 Å². The van der Waals surface area contributed by atoms with Crippen molar-refractivity contribution < 1.29 is 4.79 Å². The van der Waals surface area contributed by atoms with E-state index in [2.05, 4.69) is 25.4 Å². The summed E-state index contributed by atoms with van der Waals surface area (Å²) < 4.78 is 0. The minimum absolute atomic E-state index is 0.0876. The second kappa shape index (κ2) is 7.99. The number of guanidine groups is 1. The second-order valence-electron chi connectivity index (χ2n) is 7.61. The van der Waals surface area contributed by atoms with Gasteiger partial charge in [0, 0.05) is 44.7 Å². The molecule has 0 aromatic carbocycles. The molecule has 2 aliphatic rings. The monoisotopic (exact) mass is 323 g/mol. The highest BCUT2D eigenvalue weighted by atomic mass is 16.2. The number of hydrogen-bond acceptors (Lipinski definition) is 3. The summed E-state index contributed by atoms with van der Waals surface area (Å²) in [6.45, 7) is 11.8. The van der Waals surface area contributed by atoms with E-state index in [0.717, 1.165) is 19.0 Å². The minimum atomic E-state index is -0.334. The molecule has 0 spiro atoms. The van der Waals surface area contributed by atoms with Crippen LogP contribution >= 0.6 is 0 Å². The zero-order valence-electron chi connectivity index (χ0n) is 15.2. The molecule has 0 radical (unpaired) electrons. The van der Waals surface area contributed by atoms with Crippen molar-refractivity contribution in [2.24, 2.45) is 10.4 Å². The molecule has 0 aromatic heterocycles. The lowest BCUT2D eigenvalue weighted by molar-refractivity contribution is -0.128. The summed E-state index contributed by atoms with van der Waals surface area (Å²) in [6.07, 6.45) is 3.91. The number of aliphatic imine (C=N–C) groups is 1. The Morgan fingerprint density at radius 2 is 1.78 bits per heavy atom. The first-order valence-electron chi connectivity index (χ1n) is 8.90. The predicted molar refractivity (Wildman–Crippen MR) is 94.6 cm³/mol. The third kappa shape index (κ3) is 5.09. The van der Waals surface area contributed by atoms with E-state index in [1.54, 1.807) is 0 Å². The second-order valence-corrected chi connectivity index (χ2v) is 7.61. The van der Waals surface area contributed by atoms with Gasteiger partial charge < -0.3 is 15.5 Å². The lowest BCUT2D eigenvalue weighted by atomic mass is 9.96. The van der Waals surface area contributed by atoms with Crippen LogP contribution < -0.4 is 10.6 Å². The lowest BCUT2D eigenvalue weighted by Gasteiger charge is -2.25. The van der Waals surface area contributed by atoms with Crippen LogP contribution in [0.1, 0.15) is 40.0 Å². The summed E-state index contributed by atoms with van der Waals surface area (Å²) in [6, 6.07) is 0.677. The average molecular weight is 323 g/mol. The fourth-order valence-electron chi connectivity index (χ4n) is 3.29. The van der Waals surface area contributed by atoms with Crippen molar-refractivity contribution in [2.45, 2.75) is 46.1 Å². The van der Waals surface area contributed by atoms with Gasteiger partial charge in [0.15, 0.2) is 5.96 Å². The molecule has 2 rings (SSSR count). The molecule has 2 aliphatic heterocycles. The zero-order valence-corrected chi connectivity index (χ0v) is 15.2. The number of carbonyl (C=O) groups is 1. The number of carbonyl (C=O) groups excluding carboxylic acids is 1. The molecule has 0 bridgehead atoms. The van der Waals surface area contributed by atoms with E-state index in [0.29, 0.717) is 19.1 Å². The standard InChI is InChI=1S/C17H33N5O/c1-17(2,3)15(23)19-8-9-20-16(18-4)22-12-7-14(13-22)21-10-5-6-11-21/h14H,5-13H2,1-4H3,(H,18,20)(H,19,23). The normalized spacial score (nSPS) is 23.4. The summed E-state index contributed by atoms with van der Waals surface area (Å²) >= 11 is 0. The number of nitrogens with one attached hydrogen (secondary N) is 2. The van der Waals surface area contributed by atoms with E-state index in [4.69, 9.17) is 0 Å². The summed E-state index contributed by atoms with van der Waals surface area (Å²) in [7, 11) is 1.83. The maximum absolute atomic E-state index is 11.8. The van der Waals surface area contributed by atoms with Crippen LogP contribution in [0.3, 0.4) is 0 Å². The molecule has 1 atom stereocenters. The van der Waals surface area contributed by atoms with Crippen LogP contribution in [0.15, 0.2) is 4.99 Å². The fourth-order valence-corrected chi connectivity index (χ4v) is 3.29. The van der Waals surface area contributed by atoms with Gasteiger partial charge in [-0.2, -0.15) is 0 Å². The molecule has 2 heterocycles. The highest BCUT2D eigenvalue weighted by molar-refractivity contribution is 5.82. The van der Waals surface area contributed by atoms with Gasteiger partial charge in [-0.15, -0.1) is 0 Å². The topological polar surface area (TPSA) is 60.0 Å². The van der Waals surface area contributed by atoms with E-state index >= 15 is 0 Å². The van der Waals surface area contributed by atoms with Gasteiger partial charge >= 0.3 is 0 Å². The van der Waals surface area contributed by atoms with Crippen LogP contribution in [0.4, 0.5) is 0 Å². The van der Waals surface area contributed by atoms with E-state index in [1.807, 2.05) is 27.8 Å². The molecule has 0 aromatic rings. The summed E-state index contributed by atoms with van der Waals surface area (Å²) in [4.78, 5) is 21.2. The first-order valence-corrected chi connectivity index (χ1v) is 8.90. The molecule has 6 heteroatoms. The molecule has 0 aliphatic carbocycles. The largest absolute Gasteiger partial charge is 0.354 e. The Kier molecular flexibility index (Phi) is 6.27. The van der Waals surface area contributed by atoms with Crippen LogP contribution in [0.25, 0.3) is 0 Å². The third-order valence-electron chi connectivity index (χ3n) is 4.71. The summed E-state index contributed by atoms with van der Waals surface area (Å²) in [5.41, 5.74) is -0.334. The fraction of sp³-hybridized carbons (Fsp3) is 0.882. The van der Waals surface area contributed by atoms with Crippen molar-refractivity contribution in [3.8, 4) is 0 Å². The minimum Gasteiger partial charge on any atom is -0.354 e. The maximum atomic E-state index is 11.8. The SMILES string of the molecule is CN=C(NCCNC(=O)C(C)(C)C)N1CCC(N2CCCC2)C1. The number of nitrogens with zero attached hydrogens (tertiary/aromatic N) is 3. The first-order chi connectivity index (χ1) is 10.9. The van der Waals surface area contributed by atoms with Crippen LogP contribution in [-0.2, 0) is 4.79 Å². The van der Waals surface area contributed by atoms with Crippen LogP contribution in [0, 0.1) is 5.41 Å². The highest BCUT2D eigenvalue weighted by Crippen LogP contribution is 2.20. The van der Waals surface area contributed by atoms with Crippen molar-refractivity contribution in [2.75, 3.05) is 46.3 Å². The van der Waals surface area contributed by atoms with Gasteiger partial charge in [-0.1, -0.05) is 20.8 Å². The van der Waals surface area contributed by atoms with E-state index in [-0.39, 0.29) is 11.3 Å². The van der Waals surface area contributed by atoms with Gasteiger partial charge in [0.1, 0.15) is 0 Å². The van der Waals surface area contributed by atoms with Crippen LogP contribution in [0.5, 0.6) is 0 Å². The summed E-state index contributed by atoms with van der Waals surface area (Å²) in [5, 5.41) is 6.33. The Morgan fingerprint density at radius 1 is 1.13 bits per heavy atom. The van der Waals surface area contributed by atoms with Gasteiger partial charge in [0.05, 0.1) is 0 Å². The zero-order chi connectivity index (χ0) is 16.9. The molecule has 23 heavy (non-hydrogen) atoms. The Bertz CT molecular complexity index is 423. The van der Waals surface area contributed by atoms with E-state index < -0.39 is 0 Å². The van der Waals surface area contributed by atoms with E-state index in [9.17, 15) is 4.79 Å². The maximum Gasteiger partial charge on any atom is 0.225 e. The molecular formula is C17H33N5O. The molecule has 2 saturated heterocycles. The molecule has 132 valence electrons. The first kappa shape index (κ1) is 18.0. The number of hydrogen-bond donors (Lipinski definition) is 2. The van der Waals surface area contributed by atoms with Crippen molar-refractivity contribution in [1.29, 1.82) is 0 Å². The molecule has 6 nitrogen and oxygen atoms in total. The summed E-state index contributed by atoms with van der Waals surface area (Å²) in [5.74, 6) is 1.04. The molecular weight excluding hydrogens is 290 g/mol. The Balaban J connectivity index is 1.70. The molecule has 2 N–H and O–H groups in total.